The van der Waals surface area contributed by atoms with Crippen LogP contribution >= 0.6 is 28.3 Å². The summed E-state index contributed by atoms with van der Waals surface area (Å²) in [7, 11) is 1.99. The van der Waals surface area contributed by atoms with Crippen molar-refractivity contribution in [2.75, 3.05) is 39.8 Å². The van der Waals surface area contributed by atoms with Crippen molar-refractivity contribution in [2.24, 2.45) is 5.92 Å². The summed E-state index contributed by atoms with van der Waals surface area (Å²) >= 11 is 3.26. The fraction of sp³-hybridized carbons (Fsp3) is 0.571. The molecule has 0 bridgehead atoms. The van der Waals surface area contributed by atoms with Crippen molar-refractivity contribution in [3.05, 3.63) is 28.5 Å². The van der Waals surface area contributed by atoms with Crippen LogP contribution in [-0.2, 0) is 0 Å². The molecule has 1 heterocycles. The van der Waals surface area contributed by atoms with Crippen LogP contribution in [0, 0.1) is 11.7 Å². The van der Waals surface area contributed by atoms with Gasteiger partial charge in [-0.25, -0.2) is 4.39 Å². The minimum atomic E-state index is -0.278. The molecule has 20 heavy (non-hydrogen) atoms. The number of rotatable bonds is 6. The molecule has 1 aromatic carbocycles. The molecular formula is C14H21BrClFN2O. The maximum Gasteiger partial charge on any atom is 0.128 e. The zero-order valence-electron chi connectivity index (χ0n) is 11.6. The van der Waals surface area contributed by atoms with Crippen LogP contribution in [0.1, 0.15) is 6.42 Å². The third-order valence-corrected chi connectivity index (χ3v) is 3.83. The summed E-state index contributed by atoms with van der Waals surface area (Å²) < 4.78 is 19.5. The molecule has 3 nitrogen and oxygen atoms in total. The van der Waals surface area contributed by atoms with Crippen LogP contribution < -0.4 is 10.1 Å². The van der Waals surface area contributed by atoms with E-state index in [2.05, 4.69) is 26.1 Å². The number of benzene rings is 1. The first-order valence-electron chi connectivity index (χ1n) is 6.63. The summed E-state index contributed by atoms with van der Waals surface area (Å²) in [6, 6.07) is 4.63. The third-order valence-electron chi connectivity index (χ3n) is 3.38. The van der Waals surface area contributed by atoms with Gasteiger partial charge in [0.1, 0.15) is 18.2 Å². The van der Waals surface area contributed by atoms with Gasteiger partial charge < -0.3 is 10.1 Å². The predicted molar refractivity (Wildman–Crippen MR) is 85.3 cm³/mol. The first-order valence-corrected chi connectivity index (χ1v) is 7.42. The smallest absolute Gasteiger partial charge is 0.128 e. The summed E-state index contributed by atoms with van der Waals surface area (Å²) in [6.45, 7) is 4.82. The first kappa shape index (κ1) is 17.7. The van der Waals surface area contributed by atoms with Gasteiger partial charge in [0.05, 0.1) is 0 Å². The van der Waals surface area contributed by atoms with E-state index in [0.717, 1.165) is 32.1 Å². The van der Waals surface area contributed by atoms with Gasteiger partial charge in [0.2, 0.25) is 0 Å². The van der Waals surface area contributed by atoms with E-state index in [1.807, 2.05) is 7.05 Å². The molecule has 0 spiro atoms. The average molecular weight is 368 g/mol. The first-order chi connectivity index (χ1) is 9.17. The van der Waals surface area contributed by atoms with Crippen LogP contribution in [-0.4, -0.2) is 44.7 Å². The van der Waals surface area contributed by atoms with E-state index in [1.54, 1.807) is 6.07 Å². The number of halogens is 3. The summed E-state index contributed by atoms with van der Waals surface area (Å²) in [6.07, 6.45) is 1.24. The van der Waals surface area contributed by atoms with Crippen molar-refractivity contribution < 1.29 is 9.13 Å². The van der Waals surface area contributed by atoms with Crippen molar-refractivity contribution >= 4 is 28.3 Å². The van der Waals surface area contributed by atoms with Crippen molar-refractivity contribution in [3.63, 3.8) is 0 Å². The number of likely N-dealkylation sites (tertiary alicyclic amines) is 1. The molecule has 1 aromatic rings. The maximum atomic E-state index is 13.2. The molecule has 114 valence electrons. The van der Waals surface area contributed by atoms with Gasteiger partial charge in [-0.2, -0.15) is 0 Å². The van der Waals surface area contributed by atoms with Gasteiger partial charge in [-0.15, -0.1) is 12.4 Å². The lowest BCUT2D eigenvalue weighted by Gasteiger charge is -2.16. The van der Waals surface area contributed by atoms with Gasteiger partial charge in [-0.3, -0.25) is 4.90 Å². The van der Waals surface area contributed by atoms with Gasteiger partial charge >= 0.3 is 0 Å². The Bertz CT molecular complexity index is 402. The molecule has 0 saturated carbocycles. The highest BCUT2D eigenvalue weighted by molar-refractivity contribution is 9.10. The molecule has 0 aliphatic carbocycles. The van der Waals surface area contributed by atoms with Gasteiger partial charge in [0.15, 0.2) is 0 Å². The molecule has 1 atom stereocenters. The predicted octanol–water partition coefficient (Wildman–Crippen LogP) is 2.93. The minimum absolute atomic E-state index is 0. The normalized spacial score (nSPS) is 18.9. The van der Waals surface area contributed by atoms with Crippen molar-refractivity contribution in [3.8, 4) is 5.75 Å². The van der Waals surface area contributed by atoms with Crippen LogP contribution in [0.2, 0.25) is 0 Å². The Hall–Kier alpha value is -0.360. The Labute approximate surface area is 134 Å². The average Bonchev–Trinajstić information content (AvgIpc) is 2.76. The van der Waals surface area contributed by atoms with Gasteiger partial charge in [0.25, 0.3) is 0 Å². The van der Waals surface area contributed by atoms with E-state index in [9.17, 15) is 4.39 Å². The fourth-order valence-electron chi connectivity index (χ4n) is 2.48. The molecule has 0 aromatic heterocycles. The topological polar surface area (TPSA) is 24.5 Å². The maximum absolute atomic E-state index is 13.2. The summed E-state index contributed by atoms with van der Waals surface area (Å²) in [4.78, 5) is 2.40. The molecular weight excluding hydrogens is 347 g/mol. The number of hydrogen-bond acceptors (Lipinski definition) is 3. The van der Waals surface area contributed by atoms with Crippen molar-refractivity contribution in [1.82, 2.24) is 10.2 Å². The molecule has 1 saturated heterocycles. The summed E-state index contributed by atoms with van der Waals surface area (Å²) in [5.41, 5.74) is 0. The fourth-order valence-corrected chi connectivity index (χ4v) is 2.92. The molecule has 1 fully saturated rings. The number of nitrogens with one attached hydrogen (secondary N) is 1. The molecule has 0 amide bonds. The number of ether oxygens (including phenoxy) is 1. The van der Waals surface area contributed by atoms with E-state index in [4.69, 9.17) is 4.74 Å². The summed E-state index contributed by atoms with van der Waals surface area (Å²) in [5, 5.41) is 3.22. The zero-order valence-corrected chi connectivity index (χ0v) is 14.0. The van der Waals surface area contributed by atoms with Gasteiger partial charge in [-0.05, 0) is 44.6 Å². The van der Waals surface area contributed by atoms with Crippen LogP contribution in [0.3, 0.4) is 0 Å². The third kappa shape index (κ3) is 5.56. The second kappa shape index (κ2) is 8.82. The summed E-state index contributed by atoms with van der Waals surface area (Å²) in [5.74, 6) is 1.05. The second-order valence-electron chi connectivity index (χ2n) is 4.97. The van der Waals surface area contributed by atoms with E-state index in [1.165, 1.54) is 18.6 Å². The molecule has 1 unspecified atom stereocenters. The molecule has 6 heteroatoms. The van der Waals surface area contributed by atoms with E-state index in [-0.39, 0.29) is 18.2 Å². The molecule has 0 radical (unpaired) electrons. The molecule has 2 rings (SSSR count). The highest BCUT2D eigenvalue weighted by atomic mass is 79.9. The quantitative estimate of drug-likeness (QED) is 0.837. The Morgan fingerprint density at radius 2 is 2.25 bits per heavy atom. The molecule has 1 aliphatic rings. The Morgan fingerprint density at radius 3 is 2.95 bits per heavy atom. The zero-order chi connectivity index (χ0) is 13.7. The van der Waals surface area contributed by atoms with Crippen LogP contribution in [0.4, 0.5) is 4.39 Å². The van der Waals surface area contributed by atoms with Gasteiger partial charge in [0, 0.05) is 23.6 Å². The highest BCUT2D eigenvalue weighted by Crippen LogP contribution is 2.21. The molecule has 1 N–H and O–H groups in total. The lowest BCUT2D eigenvalue weighted by atomic mass is 10.1. The monoisotopic (exact) mass is 366 g/mol. The molecule has 1 aliphatic heterocycles. The second-order valence-corrected chi connectivity index (χ2v) is 5.88. The Morgan fingerprint density at radius 1 is 1.45 bits per heavy atom. The SMILES string of the molecule is CNCC1CCN(CCOc2cc(F)cc(Br)c2)C1.Cl. The van der Waals surface area contributed by atoms with E-state index < -0.39 is 0 Å². The van der Waals surface area contributed by atoms with Gasteiger partial charge in [-0.1, -0.05) is 15.9 Å². The van der Waals surface area contributed by atoms with Crippen LogP contribution in [0.25, 0.3) is 0 Å². The van der Waals surface area contributed by atoms with Crippen LogP contribution in [0.5, 0.6) is 5.75 Å². The number of hydrogen-bond donors (Lipinski definition) is 1. The number of nitrogens with zero attached hydrogens (tertiary/aromatic N) is 1. The Kier molecular flexibility index (Phi) is 7.80. The lowest BCUT2D eigenvalue weighted by molar-refractivity contribution is 0.232. The highest BCUT2D eigenvalue weighted by Gasteiger charge is 2.21. The minimum Gasteiger partial charge on any atom is -0.492 e. The van der Waals surface area contributed by atoms with E-state index in [0.29, 0.717) is 16.8 Å². The lowest BCUT2D eigenvalue weighted by Crippen LogP contribution is -2.28. The van der Waals surface area contributed by atoms with E-state index >= 15 is 0 Å². The Balaban J connectivity index is 0.00000200. The standard InChI is InChI=1S/C14H20BrFN2O.ClH/c1-17-9-11-2-3-18(10-11)4-5-19-14-7-12(15)6-13(16)8-14;/h6-8,11,17H,2-5,9-10H2,1H3;1H. The van der Waals surface area contributed by atoms with Crippen molar-refractivity contribution in [1.29, 1.82) is 0 Å². The van der Waals surface area contributed by atoms with Crippen LogP contribution in [0.15, 0.2) is 22.7 Å². The largest absolute Gasteiger partial charge is 0.492 e. The van der Waals surface area contributed by atoms with Crippen molar-refractivity contribution in [2.45, 2.75) is 6.42 Å².